The van der Waals surface area contributed by atoms with Crippen LogP contribution in [0, 0.1) is 17.5 Å². The lowest BCUT2D eigenvalue weighted by atomic mass is 10.2. The third kappa shape index (κ3) is 2.54. The van der Waals surface area contributed by atoms with Gasteiger partial charge in [-0.05, 0) is 6.07 Å². The van der Waals surface area contributed by atoms with Crippen molar-refractivity contribution >= 4 is 17.3 Å². The summed E-state index contributed by atoms with van der Waals surface area (Å²) in [7, 11) is 1.56. The molecule has 3 N–H and O–H groups in total. The molecular weight excluding hydrogens is 259 g/mol. The Morgan fingerprint density at radius 3 is 2.26 bits per heavy atom. The minimum Gasteiger partial charge on any atom is -0.397 e. The quantitative estimate of drug-likeness (QED) is 0.878. The zero-order chi connectivity index (χ0) is 14.2. The Kier molecular flexibility index (Phi) is 3.20. The van der Waals surface area contributed by atoms with E-state index in [1.54, 1.807) is 7.05 Å². The number of nitrogen functional groups attached to an aromatic ring is 1. The van der Waals surface area contributed by atoms with Crippen molar-refractivity contribution in [3.63, 3.8) is 0 Å². The van der Waals surface area contributed by atoms with Crippen LogP contribution in [0.3, 0.4) is 0 Å². The number of benzene rings is 1. The van der Waals surface area contributed by atoms with Crippen molar-refractivity contribution in [3.8, 4) is 0 Å². The SMILES string of the molecule is Cn1cc(N)cc1C(=O)Nc1c(F)cc(F)cc1F. The van der Waals surface area contributed by atoms with Gasteiger partial charge in [-0.1, -0.05) is 0 Å². The van der Waals surface area contributed by atoms with Gasteiger partial charge in [-0.25, -0.2) is 13.2 Å². The second-order valence-corrected chi connectivity index (χ2v) is 3.97. The molecule has 0 spiro atoms. The van der Waals surface area contributed by atoms with E-state index in [2.05, 4.69) is 0 Å². The molecule has 2 rings (SSSR count). The van der Waals surface area contributed by atoms with Crippen molar-refractivity contribution in [2.24, 2.45) is 7.05 Å². The fraction of sp³-hybridized carbons (Fsp3) is 0.0833. The molecule has 0 bridgehead atoms. The summed E-state index contributed by atoms with van der Waals surface area (Å²) in [6.07, 6.45) is 1.48. The number of hydrogen-bond donors (Lipinski definition) is 2. The van der Waals surface area contributed by atoms with E-state index >= 15 is 0 Å². The number of nitrogens with one attached hydrogen (secondary N) is 1. The third-order valence-electron chi connectivity index (χ3n) is 2.50. The van der Waals surface area contributed by atoms with Crippen LogP contribution in [0.4, 0.5) is 24.5 Å². The molecule has 2 aromatic rings. The van der Waals surface area contributed by atoms with Crippen molar-refractivity contribution in [3.05, 3.63) is 47.5 Å². The van der Waals surface area contributed by atoms with Gasteiger partial charge in [0.25, 0.3) is 5.91 Å². The van der Waals surface area contributed by atoms with Crippen LogP contribution in [0.5, 0.6) is 0 Å². The zero-order valence-electron chi connectivity index (χ0n) is 9.88. The fourth-order valence-corrected chi connectivity index (χ4v) is 1.66. The van der Waals surface area contributed by atoms with E-state index in [1.807, 2.05) is 5.32 Å². The molecule has 0 aliphatic carbocycles. The number of amides is 1. The van der Waals surface area contributed by atoms with E-state index in [-0.39, 0.29) is 5.69 Å². The molecule has 0 aliphatic heterocycles. The molecule has 19 heavy (non-hydrogen) atoms. The van der Waals surface area contributed by atoms with Crippen LogP contribution < -0.4 is 11.1 Å². The number of carbonyl (C=O) groups is 1. The number of aryl methyl sites for hydroxylation is 1. The highest BCUT2D eigenvalue weighted by Crippen LogP contribution is 2.21. The molecular formula is C12H10F3N3O. The van der Waals surface area contributed by atoms with Gasteiger partial charge in [0, 0.05) is 25.4 Å². The van der Waals surface area contributed by atoms with Crippen LogP contribution >= 0.6 is 0 Å². The van der Waals surface area contributed by atoms with E-state index in [0.717, 1.165) is 0 Å². The standard InChI is InChI=1S/C12H10F3N3O/c1-18-5-7(16)4-10(18)12(19)17-11-8(14)2-6(13)3-9(11)15/h2-5H,16H2,1H3,(H,17,19). The summed E-state index contributed by atoms with van der Waals surface area (Å²) in [5.41, 5.74) is 5.26. The van der Waals surface area contributed by atoms with Crippen LogP contribution in [-0.4, -0.2) is 10.5 Å². The third-order valence-corrected chi connectivity index (χ3v) is 2.50. The van der Waals surface area contributed by atoms with Gasteiger partial charge in [0.2, 0.25) is 0 Å². The lowest BCUT2D eigenvalue weighted by molar-refractivity contribution is 0.101. The minimum absolute atomic E-state index is 0.126. The van der Waals surface area contributed by atoms with Crippen molar-refractivity contribution in [1.29, 1.82) is 0 Å². The Morgan fingerprint density at radius 2 is 1.79 bits per heavy atom. The highest BCUT2D eigenvalue weighted by Gasteiger charge is 2.17. The number of rotatable bonds is 2. The lowest BCUT2D eigenvalue weighted by Gasteiger charge is -2.08. The zero-order valence-corrected chi connectivity index (χ0v) is 9.88. The molecule has 0 saturated carbocycles. The molecule has 0 fully saturated rings. The first-order valence-electron chi connectivity index (χ1n) is 5.26. The fourth-order valence-electron chi connectivity index (χ4n) is 1.66. The first-order valence-corrected chi connectivity index (χ1v) is 5.26. The average molecular weight is 269 g/mol. The Hall–Kier alpha value is -2.44. The number of anilines is 2. The maximum absolute atomic E-state index is 13.4. The summed E-state index contributed by atoms with van der Waals surface area (Å²) in [6, 6.07) is 2.32. The first kappa shape index (κ1) is 13.0. The highest BCUT2D eigenvalue weighted by molar-refractivity contribution is 6.03. The van der Waals surface area contributed by atoms with Crippen molar-refractivity contribution in [1.82, 2.24) is 4.57 Å². The summed E-state index contributed by atoms with van der Waals surface area (Å²) >= 11 is 0. The molecule has 0 aliphatic rings. The molecule has 1 heterocycles. The predicted molar refractivity (Wildman–Crippen MR) is 64.1 cm³/mol. The number of aromatic nitrogens is 1. The average Bonchev–Trinajstić information content (AvgIpc) is 2.62. The van der Waals surface area contributed by atoms with Gasteiger partial charge >= 0.3 is 0 Å². The topological polar surface area (TPSA) is 60.0 Å². The largest absolute Gasteiger partial charge is 0.397 e. The molecule has 1 aromatic carbocycles. The molecule has 1 amide bonds. The van der Waals surface area contributed by atoms with E-state index in [0.29, 0.717) is 17.8 Å². The summed E-state index contributed by atoms with van der Waals surface area (Å²) in [4.78, 5) is 11.8. The molecule has 0 atom stereocenters. The van der Waals surface area contributed by atoms with Crippen LogP contribution in [0.1, 0.15) is 10.5 Å². The molecule has 0 radical (unpaired) electrons. The van der Waals surface area contributed by atoms with Gasteiger partial charge in [-0.3, -0.25) is 4.79 Å². The molecule has 7 heteroatoms. The number of nitrogens with two attached hydrogens (primary N) is 1. The number of halogens is 3. The number of carbonyl (C=O) groups excluding carboxylic acids is 1. The second kappa shape index (κ2) is 4.68. The predicted octanol–water partition coefficient (Wildman–Crippen LogP) is 2.28. The monoisotopic (exact) mass is 269 g/mol. The lowest BCUT2D eigenvalue weighted by Crippen LogP contribution is -2.17. The van der Waals surface area contributed by atoms with Crippen LogP contribution in [0.2, 0.25) is 0 Å². The number of nitrogens with zero attached hydrogens (tertiary/aromatic N) is 1. The second-order valence-electron chi connectivity index (χ2n) is 3.97. The van der Waals surface area contributed by atoms with E-state index < -0.39 is 29.0 Å². The Balaban J connectivity index is 2.32. The van der Waals surface area contributed by atoms with Crippen molar-refractivity contribution in [2.45, 2.75) is 0 Å². The maximum Gasteiger partial charge on any atom is 0.272 e. The molecule has 100 valence electrons. The highest BCUT2D eigenvalue weighted by atomic mass is 19.1. The van der Waals surface area contributed by atoms with Crippen molar-refractivity contribution in [2.75, 3.05) is 11.1 Å². The Bertz CT molecular complexity index is 629. The maximum atomic E-state index is 13.4. The van der Waals surface area contributed by atoms with Gasteiger partial charge in [0.1, 0.15) is 17.2 Å². The summed E-state index contributed by atoms with van der Waals surface area (Å²) in [5, 5.41) is 2.04. The first-order chi connectivity index (χ1) is 8.88. The van der Waals surface area contributed by atoms with Gasteiger partial charge in [-0.15, -0.1) is 0 Å². The smallest absolute Gasteiger partial charge is 0.272 e. The van der Waals surface area contributed by atoms with E-state index in [9.17, 15) is 18.0 Å². The molecule has 1 aromatic heterocycles. The van der Waals surface area contributed by atoms with Crippen LogP contribution in [-0.2, 0) is 7.05 Å². The molecule has 4 nitrogen and oxygen atoms in total. The van der Waals surface area contributed by atoms with Crippen molar-refractivity contribution < 1.29 is 18.0 Å². The normalized spacial score (nSPS) is 10.5. The van der Waals surface area contributed by atoms with Gasteiger partial charge in [0.05, 0.1) is 5.69 Å². The molecule has 0 saturated heterocycles. The number of hydrogen-bond acceptors (Lipinski definition) is 2. The summed E-state index contributed by atoms with van der Waals surface area (Å²) in [6.45, 7) is 0. The molecule has 0 unspecified atom stereocenters. The minimum atomic E-state index is -1.19. The van der Waals surface area contributed by atoms with E-state index in [4.69, 9.17) is 5.73 Å². The van der Waals surface area contributed by atoms with Crippen LogP contribution in [0.25, 0.3) is 0 Å². The van der Waals surface area contributed by atoms with Gasteiger partial charge in [-0.2, -0.15) is 0 Å². The summed E-state index contributed by atoms with van der Waals surface area (Å²) in [5.74, 6) is -4.18. The van der Waals surface area contributed by atoms with Gasteiger partial charge < -0.3 is 15.6 Å². The van der Waals surface area contributed by atoms with Gasteiger partial charge in [0.15, 0.2) is 11.6 Å². The van der Waals surface area contributed by atoms with E-state index in [1.165, 1.54) is 16.8 Å². The summed E-state index contributed by atoms with van der Waals surface area (Å²) < 4.78 is 40.9. The Labute approximate surface area is 106 Å². The van der Waals surface area contributed by atoms with Crippen LogP contribution in [0.15, 0.2) is 24.4 Å². The Morgan fingerprint density at radius 1 is 1.21 bits per heavy atom.